The standard InChI is InChI=1S/C25H39NO6/c27-23(17-9-7-5-3-1-2-4-6-8-10-18-24(28)29)26-21-15-11-12-16-22(21)32-20-14-13-19-25(30)31/h11-12,15-16H,1-10,13-14,17-20H2,(H,26,27)(H,28,29)(H,30,31). The fourth-order valence-electron chi connectivity index (χ4n) is 3.44. The molecule has 180 valence electrons. The summed E-state index contributed by atoms with van der Waals surface area (Å²) >= 11 is 0. The number of nitrogens with one attached hydrogen (secondary N) is 1. The number of carbonyl (C=O) groups is 3. The van der Waals surface area contributed by atoms with E-state index in [2.05, 4.69) is 5.32 Å². The minimum atomic E-state index is -0.803. The van der Waals surface area contributed by atoms with Crippen LogP contribution in [0.2, 0.25) is 0 Å². The van der Waals surface area contributed by atoms with Crippen molar-refractivity contribution in [3.63, 3.8) is 0 Å². The molecule has 32 heavy (non-hydrogen) atoms. The average molecular weight is 450 g/mol. The van der Waals surface area contributed by atoms with Crippen molar-refractivity contribution in [1.29, 1.82) is 0 Å². The van der Waals surface area contributed by atoms with E-state index in [4.69, 9.17) is 14.9 Å². The molecule has 0 aromatic heterocycles. The predicted octanol–water partition coefficient (Wildman–Crippen LogP) is 6.02. The summed E-state index contributed by atoms with van der Waals surface area (Å²) in [5, 5.41) is 20.2. The van der Waals surface area contributed by atoms with Crippen molar-refractivity contribution in [3.8, 4) is 5.75 Å². The Balaban J connectivity index is 2.07. The molecule has 0 aliphatic heterocycles. The monoisotopic (exact) mass is 449 g/mol. The van der Waals surface area contributed by atoms with E-state index in [1.807, 2.05) is 18.2 Å². The highest BCUT2D eigenvalue weighted by molar-refractivity contribution is 5.92. The van der Waals surface area contributed by atoms with Crippen LogP contribution in [-0.2, 0) is 14.4 Å². The molecule has 1 rings (SSSR count). The van der Waals surface area contributed by atoms with Gasteiger partial charge < -0.3 is 20.3 Å². The number of carboxylic acid groups (broad SMARTS) is 2. The summed E-state index contributed by atoms with van der Waals surface area (Å²) in [4.78, 5) is 33.2. The van der Waals surface area contributed by atoms with Crippen molar-refractivity contribution in [3.05, 3.63) is 24.3 Å². The zero-order valence-corrected chi connectivity index (χ0v) is 19.2. The third-order valence-electron chi connectivity index (χ3n) is 5.25. The number of unbranched alkanes of at least 4 members (excludes halogenated alkanes) is 10. The van der Waals surface area contributed by atoms with Crippen LogP contribution in [0.5, 0.6) is 5.75 Å². The van der Waals surface area contributed by atoms with Crippen molar-refractivity contribution >= 4 is 23.5 Å². The first-order chi connectivity index (χ1) is 15.5. The number of ether oxygens (including phenoxy) is 1. The molecular formula is C25H39NO6. The lowest BCUT2D eigenvalue weighted by Gasteiger charge is -2.12. The van der Waals surface area contributed by atoms with Gasteiger partial charge in [-0.2, -0.15) is 0 Å². The third kappa shape index (κ3) is 15.3. The lowest BCUT2D eigenvalue weighted by atomic mass is 10.1. The quantitative estimate of drug-likeness (QED) is 0.210. The molecule has 0 atom stereocenters. The van der Waals surface area contributed by atoms with Crippen LogP contribution in [0.15, 0.2) is 24.3 Å². The van der Waals surface area contributed by atoms with Gasteiger partial charge in [-0.3, -0.25) is 14.4 Å². The van der Waals surface area contributed by atoms with Gasteiger partial charge in [0.15, 0.2) is 0 Å². The molecule has 7 nitrogen and oxygen atoms in total. The SMILES string of the molecule is O=C(O)CCCCCCCCCCCCC(=O)Nc1ccccc1OCCCCC(=O)O. The van der Waals surface area contributed by atoms with E-state index in [0.29, 0.717) is 37.3 Å². The van der Waals surface area contributed by atoms with Gasteiger partial charge in [-0.1, -0.05) is 63.5 Å². The van der Waals surface area contributed by atoms with E-state index < -0.39 is 11.9 Å². The fraction of sp³-hybridized carbons (Fsp3) is 0.640. The Morgan fingerprint density at radius 3 is 1.69 bits per heavy atom. The fourth-order valence-corrected chi connectivity index (χ4v) is 3.44. The molecule has 3 N–H and O–H groups in total. The van der Waals surface area contributed by atoms with Crippen LogP contribution in [0.3, 0.4) is 0 Å². The summed E-state index contributed by atoms with van der Waals surface area (Å²) in [6.07, 6.45) is 12.8. The van der Waals surface area contributed by atoms with Crippen LogP contribution < -0.4 is 10.1 Å². The summed E-state index contributed by atoms with van der Waals surface area (Å²) < 4.78 is 5.71. The van der Waals surface area contributed by atoms with Crippen molar-refractivity contribution in [1.82, 2.24) is 0 Å². The van der Waals surface area contributed by atoms with Gasteiger partial charge in [0.1, 0.15) is 5.75 Å². The summed E-state index contributed by atoms with van der Waals surface area (Å²) in [6.45, 7) is 0.419. The van der Waals surface area contributed by atoms with E-state index in [0.717, 1.165) is 38.5 Å². The highest BCUT2D eigenvalue weighted by Gasteiger charge is 2.08. The molecular weight excluding hydrogens is 410 g/mol. The van der Waals surface area contributed by atoms with Crippen LogP contribution in [-0.4, -0.2) is 34.7 Å². The molecule has 0 radical (unpaired) electrons. The zero-order valence-electron chi connectivity index (χ0n) is 19.2. The number of amides is 1. The van der Waals surface area contributed by atoms with Crippen molar-refractivity contribution < 1.29 is 29.3 Å². The second-order valence-electron chi connectivity index (χ2n) is 8.17. The summed E-state index contributed by atoms with van der Waals surface area (Å²) in [5.41, 5.74) is 0.652. The van der Waals surface area contributed by atoms with Crippen LogP contribution in [0, 0.1) is 0 Å². The maximum absolute atomic E-state index is 12.2. The van der Waals surface area contributed by atoms with Gasteiger partial charge in [-0.25, -0.2) is 0 Å². The van der Waals surface area contributed by atoms with Gasteiger partial charge in [-0.15, -0.1) is 0 Å². The molecule has 0 aliphatic carbocycles. The average Bonchev–Trinajstić information content (AvgIpc) is 2.75. The first-order valence-corrected chi connectivity index (χ1v) is 11.9. The minimum Gasteiger partial charge on any atom is -0.491 e. The zero-order chi connectivity index (χ0) is 23.4. The molecule has 1 amide bonds. The number of carbonyl (C=O) groups excluding carboxylic acids is 1. The topological polar surface area (TPSA) is 113 Å². The third-order valence-corrected chi connectivity index (χ3v) is 5.25. The number of para-hydroxylation sites is 2. The number of anilines is 1. The number of hydrogen-bond acceptors (Lipinski definition) is 4. The molecule has 0 saturated heterocycles. The molecule has 0 aliphatic rings. The second kappa shape index (κ2) is 18.0. The Labute approximate surface area is 191 Å². The van der Waals surface area contributed by atoms with Crippen LogP contribution in [0.4, 0.5) is 5.69 Å². The molecule has 0 unspecified atom stereocenters. The maximum atomic E-state index is 12.2. The van der Waals surface area contributed by atoms with E-state index in [1.54, 1.807) is 6.07 Å². The number of rotatable bonds is 20. The second-order valence-corrected chi connectivity index (χ2v) is 8.17. The first-order valence-electron chi connectivity index (χ1n) is 11.9. The van der Waals surface area contributed by atoms with Gasteiger partial charge in [0.05, 0.1) is 12.3 Å². The molecule has 0 fully saturated rings. The Morgan fingerprint density at radius 2 is 1.12 bits per heavy atom. The minimum absolute atomic E-state index is 0.0201. The lowest BCUT2D eigenvalue weighted by molar-refractivity contribution is -0.138. The van der Waals surface area contributed by atoms with Crippen LogP contribution >= 0.6 is 0 Å². The maximum Gasteiger partial charge on any atom is 0.303 e. The number of aliphatic carboxylic acids is 2. The summed E-state index contributed by atoms with van der Waals surface area (Å²) in [6, 6.07) is 7.31. The molecule has 0 bridgehead atoms. The number of carboxylic acids is 2. The van der Waals surface area contributed by atoms with Crippen molar-refractivity contribution in [2.24, 2.45) is 0 Å². The van der Waals surface area contributed by atoms with Crippen molar-refractivity contribution in [2.45, 2.75) is 96.3 Å². The predicted molar refractivity (Wildman–Crippen MR) is 125 cm³/mol. The first kappa shape index (κ1) is 27.5. The Morgan fingerprint density at radius 1 is 0.656 bits per heavy atom. The smallest absolute Gasteiger partial charge is 0.303 e. The molecule has 7 heteroatoms. The highest BCUT2D eigenvalue weighted by Crippen LogP contribution is 2.24. The molecule has 0 saturated carbocycles. The Bertz CT molecular complexity index is 676. The van der Waals surface area contributed by atoms with Crippen LogP contribution in [0.1, 0.15) is 96.3 Å². The van der Waals surface area contributed by atoms with E-state index >= 15 is 0 Å². The summed E-state index contributed by atoms with van der Waals surface area (Å²) in [5.74, 6) is -0.920. The lowest BCUT2D eigenvalue weighted by Crippen LogP contribution is -2.12. The highest BCUT2D eigenvalue weighted by atomic mass is 16.5. The van der Waals surface area contributed by atoms with Gasteiger partial charge >= 0.3 is 11.9 Å². The Kier molecular flexibility index (Phi) is 15.5. The van der Waals surface area contributed by atoms with E-state index in [1.165, 1.54) is 25.7 Å². The molecule has 1 aromatic rings. The molecule has 0 heterocycles. The molecule has 0 spiro atoms. The molecule has 1 aromatic carbocycles. The van der Waals surface area contributed by atoms with Crippen LogP contribution in [0.25, 0.3) is 0 Å². The van der Waals surface area contributed by atoms with Gasteiger partial charge in [-0.05, 0) is 37.8 Å². The van der Waals surface area contributed by atoms with Gasteiger partial charge in [0, 0.05) is 19.3 Å². The Hall–Kier alpha value is -2.57. The van der Waals surface area contributed by atoms with E-state index in [-0.39, 0.29) is 18.7 Å². The van der Waals surface area contributed by atoms with E-state index in [9.17, 15) is 14.4 Å². The normalized spacial score (nSPS) is 10.6. The number of benzene rings is 1. The van der Waals surface area contributed by atoms with Crippen molar-refractivity contribution in [2.75, 3.05) is 11.9 Å². The summed E-state index contributed by atoms with van der Waals surface area (Å²) in [7, 11) is 0. The number of hydrogen-bond donors (Lipinski definition) is 3. The van der Waals surface area contributed by atoms with Gasteiger partial charge in [0.25, 0.3) is 0 Å². The largest absolute Gasteiger partial charge is 0.491 e. The van der Waals surface area contributed by atoms with Gasteiger partial charge in [0.2, 0.25) is 5.91 Å².